The van der Waals surface area contributed by atoms with Crippen LogP contribution in [0.4, 0.5) is 0 Å². The van der Waals surface area contributed by atoms with Gasteiger partial charge in [-0.15, -0.1) is 0 Å². The van der Waals surface area contributed by atoms with Crippen molar-refractivity contribution in [2.24, 2.45) is 0 Å². The van der Waals surface area contributed by atoms with Gasteiger partial charge in [-0.3, -0.25) is 9.69 Å². The highest BCUT2D eigenvalue weighted by atomic mass is 79.9. The van der Waals surface area contributed by atoms with Crippen molar-refractivity contribution in [2.45, 2.75) is 46.1 Å². The molecule has 2 nitrogen and oxygen atoms in total. The molecule has 106 valence electrons. The maximum atomic E-state index is 12.7. The molecule has 0 aliphatic carbocycles. The minimum absolute atomic E-state index is 0.303. The van der Waals surface area contributed by atoms with Gasteiger partial charge in [-0.1, -0.05) is 48.8 Å². The summed E-state index contributed by atoms with van der Waals surface area (Å²) in [5.74, 6) is 0.303. The van der Waals surface area contributed by atoms with Gasteiger partial charge in [0.2, 0.25) is 0 Å². The summed E-state index contributed by atoms with van der Waals surface area (Å²) in [4.78, 5) is 14.9. The fraction of sp³-hybridized carbons (Fsp3) is 0.562. The molecule has 0 radical (unpaired) electrons. The van der Waals surface area contributed by atoms with E-state index in [1.54, 1.807) is 0 Å². The summed E-state index contributed by atoms with van der Waals surface area (Å²) >= 11 is 3.45. The third-order valence-corrected chi connectivity index (χ3v) is 4.50. The molecule has 0 saturated heterocycles. The molecule has 0 aromatic heterocycles. The lowest BCUT2D eigenvalue weighted by molar-refractivity contribution is -0.129. The van der Waals surface area contributed by atoms with Crippen LogP contribution in [-0.2, 0) is 11.2 Å². The Labute approximate surface area is 125 Å². The second-order valence-electron chi connectivity index (χ2n) is 5.03. The molecule has 0 bridgehead atoms. The van der Waals surface area contributed by atoms with Gasteiger partial charge >= 0.3 is 0 Å². The van der Waals surface area contributed by atoms with E-state index in [-0.39, 0.29) is 5.54 Å². The molecule has 1 unspecified atom stereocenters. The molecule has 19 heavy (non-hydrogen) atoms. The lowest BCUT2D eigenvalue weighted by atomic mass is 9.87. The van der Waals surface area contributed by atoms with Crippen molar-refractivity contribution in [3.05, 3.63) is 34.3 Å². The van der Waals surface area contributed by atoms with Crippen molar-refractivity contribution in [2.75, 3.05) is 13.1 Å². The van der Waals surface area contributed by atoms with E-state index in [9.17, 15) is 4.79 Å². The monoisotopic (exact) mass is 325 g/mol. The third kappa shape index (κ3) is 3.90. The second kappa shape index (κ2) is 7.20. The van der Waals surface area contributed by atoms with Gasteiger partial charge in [0, 0.05) is 10.9 Å². The normalized spacial score (nSPS) is 14.4. The van der Waals surface area contributed by atoms with Crippen LogP contribution in [0.3, 0.4) is 0 Å². The van der Waals surface area contributed by atoms with Crippen LogP contribution < -0.4 is 0 Å². The lowest BCUT2D eigenvalue weighted by Gasteiger charge is -2.38. The number of hydrogen-bond donors (Lipinski definition) is 0. The summed E-state index contributed by atoms with van der Waals surface area (Å²) in [5, 5.41) is 0. The molecule has 0 saturated carbocycles. The van der Waals surface area contributed by atoms with Crippen molar-refractivity contribution in [3.63, 3.8) is 0 Å². The van der Waals surface area contributed by atoms with Gasteiger partial charge in [-0.25, -0.2) is 0 Å². The van der Waals surface area contributed by atoms with E-state index in [0.29, 0.717) is 12.2 Å². The largest absolute Gasteiger partial charge is 0.297 e. The Bertz CT molecular complexity index is 429. The van der Waals surface area contributed by atoms with Crippen LogP contribution in [0.5, 0.6) is 0 Å². The van der Waals surface area contributed by atoms with Gasteiger partial charge in [0.1, 0.15) is 0 Å². The molecular weight excluding hydrogens is 302 g/mol. The molecule has 0 N–H and O–H groups in total. The average molecular weight is 326 g/mol. The number of rotatable bonds is 7. The molecule has 0 spiro atoms. The number of ketones is 1. The van der Waals surface area contributed by atoms with Crippen molar-refractivity contribution in [1.29, 1.82) is 0 Å². The van der Waals surface area contributed by atoms with E-state index in [1.165, 1.54) is 0 Å². The van der Waals surface area contributed by atoms with Gasteiger partial charge in [0.25, 0.3) is 0 Å². The molecular formula is C16H24BrNO. The van der Waals surface area contributed by atoms with Gasteiger partial charge in [-0.05, 0) is 44.1 Å². The molecule has 1 rings (SSSR count). The summed E-state index contributed by atoms with van der Waals surface area (Å²) in [5.41, 5.74) is 0.720. The molecule has 0 amide bonds. The van der Waals surface area contributed by atoms with Gasteiger partial charge in [0.15, 0.2) is 5.78 Å². The molecule has 3 heteroatoms. The van der Waals surface area contributed by atoms with E-state index >= 15 is 0 Å². The van der Waals surface area contributed by atoms with Crippen LogP contribution in [0.1, 0.15) is 39.7 Å². The van der Waals surface area contributed by atoms with Crippen molar-refractivity contribution in [3.8, 4) is 0 Å². The topological polar surface area (TPSA) is 20.3 Å². The summed E-state index contributed by atoms with van der Waals surface area (Å²) in [6.45, 7) is 10.2. The minimum Gasteiger partial charge on any atom is -0.297 e. The Hall–Kier alpha value is -0.670. The average Bonchev–Trinajstić information content (AvgIpc) is 2.39. The van der Waals surface area contributed by atoms with Gasteiger partial charge in [-0.2, -0.15) is 0 Å². The molecule has 0 heterocycles. The third-order valence-electron chi connectivity index (χ3n) is 4.00. The Morgan fingerprint density at radius 1 is 1.26 bits per heavy atom. The summed E-state index contributed by atoms with van der Waals surface area (Å²) in [7, 11) is 0. The number of carbonyl (C=O) groups is 1. The minimum atomic E-state index is -0.355. The van der Waals surface area contributed by atoms with E-state index in [4.69, 9.17) is 0 Å². The Kier molecular flexibility index (Phi) is 6.21. The Balaban J connectivity index is 2.90. The van der Waals surface area contributed by atoms with Crippen molar-refractivity contribution < 1.29 is 4.79 Å². The molecule has 1 atom stereocenters. The fourth-order valence-electron chi connectivity index (χ4n) is 2.54. The van der Waals surface area contributed by atoms with Crippen LogP contribution in [0.25, 0.3) is 0 Å². The van der Waals surface area contributed by atoms with E-state index in [2.05, 4.69) is 48.5 Å². The van der Waals surface area contributed by atoms with Crippen LogP contribution in [0, 0.1) is 0 Å². The standard InChI is InChI=1S/C16H24BrNO/c1-5-16(4,18(6-2)7-3)15(19)12-13-9-8-10-14(17)11-13/h8-11H,5-7,12H2,1-4H3. The molecule has 1 aromatic carbocycles. The predicted octanol–water partition coefficient (Wildman–Crippen LogP) is 4.07. The van der Waals surface area contributed by atoms with Crippen molar-refractivity contribution in [1.82, 2.24) is 4.90 Å². The van der Waals surface area contributed by atoms with Crippen LogP contribution in [0.15, 0.2) is 28.7 Å². The number of halogens is 1. The first-order valence-electron chi connectivity index (χ1n) is 7.00. The maximum absolute atomic E-state index is 12.7. The van der Waals surface area contributed by atoms with E-state index in [1.807, 2.05) is 24.3 Å². The second-order valence-corrected chi connectivity index (χ2v) is 5.95. The quantitative estimate of drug-likeness (QED) is 0.753. The van der Waals surface area contributed by atoms with Crippen LogP contribution >= 0.6 is 15.9 Å². The summed E-state index contributed by atoms with van der Waals surface area (Å²) < 4.78 is 1.03. The molecule has 0 aliphatic rings. The zero-order valence-corrected chi connectivity index (χ0v) is 14.0. The zero-order chi connectivity index (χ0) is 14.5. The first kappa shape index (κ1) is 16.4. The fourth-order valence-corrected chi connectivity index (χ4v) is 2.99. The summed E-state index contributed by atoms with van der Waals surface area (Å²) in [6.07, 6.45) is 1.35. The highest BCUT2D eigenvalue weighted by Crippen LogP contribution is 2.23. The smallest absolute Gasteiger partial charge is 0.157 e. The van der Waals surface area contributed by atoms with E-state index < -0.39 is 0 Å². The number of hydrogen-bond acceptors (Lipinski definition) is 2. The number of carbonyl (C=O) groups excluding carboxylic acids is 1. The van der Waals surface area contributed by atoms with Gasteiger partial charge < -0.3 is 0 Å². The number of likely N-dealkylation sites (N-methyl/N-ethyl adjacent to an activating group) is 1. The number of nitrogens with zero attached hydrogens (tertiary/aromatic N) is 1. The summed E-state index contributed by atoms with van der Waals surface area (Å²) in [6, 6.07) is 8.00. The van der Waals surface area contributed by atoms with Crippen LogP contribution in [-0.4, -0.2) is 29.3 Å². The molecule has 1 aromatic rings. The highest BCUT2D eigenvalue weighted by molar-refractivity contribution is 9.10. The lowest BCUT2D eigenvalue weighted by Crippen LogP contribution is -2.52. The zero-order valence-electron chi connectivity index (χ0n) is 12.4. The molecule has 0 aliphatic heterocycles. The predicted molar refractivity (Wildman–Crippen MR) is 84.5 cm³/mol. The Morgan fingerprint density at radius 2 is 1.89 bits per heavy atom. The van der Waals surface area contributed by atoms with E-state index in [0.717, 1.165) is 29.5 Å². The Morgan fingerprint density at radius 3 is 2.37 bits per heavy atom. The first-order valence-corrected chi connectivity index (χ1v) is 7.80. The number of benzene rings is 1. The SMILES string of the molecule is CCN(CC)C(C)(CC)C(=O)Cc1cccc(Br)c1. The van der Waals surface area contributed by atoms with Crippen molar-refractivity contribution >= 4 is 21.7 Å². The van der Waals surface area contributed by atoms with Gasteiger partial charge in [0.05, 0.1) is 5.54 Å². The number of Topliss-reactive ketones (excluding diaryl/α,β-unsaturated/α-hetero) is 1. The first-order chi connectivity index (χ1) is 8.97. The maximum Gasteiger partial charge on any atom is 0.157 e. The highest BCUT2D eigenvalue weighted by Gasteiger charge is 2.35. The molecule has 0 fully saturated rings. The van der Waals surface area contributed by atoms with Crippen LogP contribution in [0.2, 0.25) is 0 Å².